The third-order valence-corrected chi connectivity index (χ3v) is 3.46. The molecule has 0 saturated carbocycles. The molecule has 1 amide bonds. The van der Waals surface area contributed by atoms with Crippen LogP contribution in [0, 0.1) is 18.8 Å². The number of anilines is 1. The first-order chi connectivity index (χ1) is 10.2. The molecule has 1 unspecified atom stereocenters. The summed E-state index contributed by atoms with van der Waals surface area (Å²) in [6, 6.07) is 5.81. The number of rotatable bonds is 3. The van der Waals surface area contributed by atoms with Crippen LogP contribution in [0.25, 0.3) is 0 Å². The second-order valence-corrected chi connectivity index (χ2v) is 5.30. The standard InChI is InChI=1S/C17H22N2O2/c1-13-7-8-14(5-4-9-18)16(11-13)19-17(20)12-15-6-2-3-10-21-15/h7-8,11,15H,2-3,6,9-10,12,18H2,1H3,(H,19,20). The van der Waals surface area contributed by atoms with Gasteiger partial charge in [0.1, 0.15) is 0 Å². The highest BCUT2D eigenvalue weighted by atomic mass is 16.5. The number of nitrogens with two attached hydrogens (primary N) is 1. The van der Waals surface area contributed by atoms with Gasteiger partial charge in [-0.2, -0.15) is 0 Å². The zero-order valence-corrected chi connectivity index (χ0v) is 12.4. The van der Waals surface area contributed by atoms with Gasteiger partial charge in [-0.25, -0.2) is 0 Å². The van der Waals surface area contributed by atoms with E-state index < -0.39 is 0 Å². The van der Waals surface area contributed by atoms with Gasteiger partial charge in [0.2, 0.25) is 5.91 Å². The number of aryl methyl sites for hydroxylation is 1. The highest BCUT2D eigenvalue weighted by molar-refractivity contribution is 5.92. The maximum Gasteiger partial charge on any atom is 0.227 e. The van der Waals surface area contributed by atoms with E-state index in [9.17, 15) is 4.79 Å². The third-order valence-electron chi connectivity index (χ3n) is 3.46. The number of amides is 1. The molecule has 1 aliphatic heterocycles. The molecule has 0 radical (unpaired) electrons. The van der Waals surface area contributed by atoms with E-state index in [-0.39, 0.29) is 12.0 Å². The number of hydrogen-bond donors (Lipinski definition) is 2. The number of benzene rings is 1. The molecule has 4 heteroatoms. The van der Waals surface area contributed by atoms with Crippen molar-refractivity contribution in [2.75, 3.05) is 18.5 Å². The van der Waals surface area contributed by atoms with Crippen LogP contribution in [0.4, 0.5) is 5.69 Å². The molecule has 1 saturated heterocycles. The first-order valence-corrected chi connectivity index (χ1v) is 7.40. The first kappa shape index (κ1) is 15.6. The number of nitrogens with one attached hydrogen (secondary N) is 1. The molecule has 0 aliphatic carbocycles. The molecule has 1 aromatic carbocycles. The van der Waals surface area contributed by atoms with Gasteiger partial charge >= 0.3 is 0 Å². The Morgan fingerprint density at radius 3 is 3.05 bits per heavy atom. The lowest BCUT2D eigenvalue weighted by Crippen LogP contribution is -2.25. The van der Waals surface area contributed by atoms with Crippen molar-refractivity contribution in [1.82, 2.24) is 0 Å². The van der Waals surface area contributed by atoms with Gasteiger partial charge in [-0.05, 0) is 43.9 Å². The topological polar surface area (TPSA) is 64.3 Å². The lowest BCUT2D eigenvalue weighted by molar-refractivity contribution is -0.119. The van der Waals surface area contributed by atoms with Gasteiger partial charge in [-0.15, -0.1) is 0 Å². The van der Waals surface area contributed by atoms with Crippen molar-refractivity contribution >= 4 is 11.6 Å². The second kappa shape index (κ2) is 7.82. The fraction of sp³-hybridized carbons (Fsp3) is 0.471. The van der Waals surface area contributed by atoms with E-state index in [1.165, 1.54) is 0 Å². The monoisotopic (exact) mass is 286 g/mol. The smallest absolute Gasteiger partial charge is 0.227 e. The van der Waals surface area contributed by atoms with Crippen molar-refractivity contribution < 1.29 is 9.53 Å². The van der Waals surface area contributed by atoms with Crippen molar-refractivity contribution in [3.05, 3.63) is 29.3 Å². The minimum Gasteiger partial charge on any atom is -0.378 e. The summed E-state index contributed by atoms with van der Waals surface area (Å²) in [4.78, 5) is 12.2. The second-order valence-electron chi connectivity index (χ2n) is 5.30. The average molecular weight is 286 g/mol. The number of ether oxygens (including phenoxy) is 1. The Balaban J connectivity index is 2.03. The molecule has 112 valence electrons. The zero-order valence-electron chi connectivity index (χ0n) is 12.4. The van der Waals surface area contributed by atoms with Crippen molar-refractivity contribution in [3.63, 3.8) is 0 Å². The molecule has 1 heterocycles. The molecule has 0 spiro atoms. The van der Waals surface area contributed by atoms with E-state index in [1.807, 2.05) is 25.1 Å². The van der Waals surface area contributed by atoms with E-state index in [0.29, 0.717) is 13.0 Å². The van der Waals surface area contributed by atoms with E-state index in [0.717, 1.165) is 42.7 Å². The van der Waals surface area contributed by atoms with E-state index >= 15 is 0 Å². The summed E-state index contributed by atoms with van der Waals surface area (Å²) in [6.07, 6.45) is 3.63. The lowest BCUT2D eigenvalue weighted by atomic mass is 10.1. The normalized spacial score (nSPS) is 17.7. The molecule has 1 aromatic rings. The van der Waals surface area contributed by atoms with Gasteiger partial charge in [0.25, 0.3) is 0 Å². The quantitative estimate of drug-likeness (QED) is 0.837. The summed E-state index contributed by atoms with van der Waals surface area (Å²) in [5.74, 6) is 5.78. The minimum atomic E-state index is -0.0247. The van der Waals surface area contributed by atoms with Gasteiger partial charge < -0.3 is 15.8 Å². The molecule has 21 heavy (non-hydrogen) atoms. The zero-order chi connectivity index (χ0) is 15.1. The molecule has 1 fully saturated rings. The fourth-order valence-electron chi connectivity index (χ4n) is 2.39. The maximum absolute atomic E-state index is 12.2. The summed E-state index contributed by atoms with van der Waals surface area (Å²) in [5, 5.41) is 2.95. The van der Waals surface area contributed by atoms with Gasteiger partial charge in [0, 0.05) is 12.2 Å². The highest BCUT2D eigenvalue weighted by Gasteiger charge is 2.18. The Morgan fingerprint density at radius 1 is 1.48 bits per heavy atom. The van der Waals surface area contributed by atoms with E-state index in [4.69, 9.17) is 10.5 Å². The molecule has 1 aliphatic rings. The fourth-order valence-corrected chi connectivity index (χ4v) is 2.39. The van der Waals surface area contributed by atoms with Crippen molar-refractivity contribution in [2.24, 2.45) is 5.73 Å². The Bertz CT molecular complexity index is 552. The van der Waals surface area contributed by atoms with Crippen molar-refractivity contribution in [1.29, 1.82) is 0 Å². The third kappa shape index (κ3) is 4.89. The van der Waals surface area contributed by atoms with Crippen LogP contribution < -0.4 is 11.1 Å². The van der Waals surface area contributed by atoms with Crippen LogP contribution in [0.15, 0.2) is 18.2 Å². The predicted molar refractivity (Wildman–Crippen MR) is 83.9 cm³/mol. The van der Waals surface area contributed by atoms with Gasteiger partial charge in [0.05, 0.1) is 24.8 Å². The van der Waals surface area contributed by atoms with Gasteiger partial charge in [0.15, 0.2) is 0 Å². The Kier molecular flexibility index (Phi) is 5.79. The first-order valence-electron chi connectivity index (χ1n) is 7.40. The van der Waals surface area contributed by atoms with Crippen LogP contribution in [-0.4, -0.2) is 25.2 Å². The minimum absolute atomic E-state index is 0.0247. The Morgan fingerprint density at radius 2 is 2.33 bits per heavy atom. The van der Waals surface area contributed by atoms with Gasteiger partial charge in [-0.1, -0.05) is 17.9 Å². The molecule has 0 aromatic heterocycles. The molecule has 4 nitrogen and oxygen atoms in total. The Labute approximate surface area is 126 Å². The summed E-state index contributed by atoms with van der Waals surface area (Å²) < 4.78 is 5.60. The van der Waals surface area contributed by atoms with Crippen LogP contribution in [0.5, 0.6) is 0 Å². The van der Waals surface area contributed by atoms with E-state index in [1.54, 1.807) is 0 Å². The van der Waals surface area contributed by atoms with Crippen LogP contribution >= 0.6 is 0 Å². The SMILES string of the molecule is Cc1ccc(C#CCN)c(NC(=O)CC2CCCCO2)c1. The molecular weight excluding hydrogens is 264 g/mol. The highest BCUT2D eigenvalue weighted by Crippen LogP contribution is 2.19. The van der Waals surface area contributed by atoms with E-state index in [2.05, 4.69) is 17.2 Å². The Hall–Kier alpha value is -1.83. The maximum atomic E-state index is 12.2. The van der Waals surface area contributed by atoms with Crippen LogP contribution in [0.3, 0.4) is 0 Å². The molecule has 1 atom stereocenters. The van der Waals surface area contributed by atoms with Crippen LogP contribution in [0.1, 0.15) is 36.8 Å². The van der Waals surface area contributed by atoms with Crippen LogP contribution in [-0.2, 0) is 9.53 Å². The van der Waals surface area contributed by atoms with Crippen molar-refractivity contribution in [2.45, 2.75) is 38.7 Å². The molecule has 2 rings (SSSR count). The molecular formula is C17H22N2O2. The predicted octanol–water partition coefficient (Wildman–Crippen LogP) is 2.20. The summed E-state index contributed by atoms with van der Waals surface area (Å²) >= 11 is 0. The molecule has 3 N–H and O–H groups in total. The van der Waals surface area contributed by atoms with Crippen LogP contribution in [0.2, 0.25) is 0 Å². The summed E-state index contributed by atoms with van der Waals surface area (Å²) in [6.45, 7) is 3.05. The summed E-state index contributed by atoms with van der Waals surface area (Å²) in [5.41, 5.74) is 8.03. The average Bonchev–Trinajstić information content (AvgIpc) is 2.47. The number of hydrogen-bond acceptors (Lipinski definition) is 3. The van der Waals surface area contributed by atoms with Crippen molar-refractivity contribution in [3.8, 4) is 11.8 Å². The largest absolute Gasteiger partial charge is 0.378 e. The lowest BCUT2D eigenvalue weighted by Gasteiger charge is -2.22. The summed E-state index contributed by atoms with van der Waals surface area (Å²) in [7, 11) is 0. The van der Waals surface area contributed by atoms with Gasteiger partial charge in [-0.3, -0.25) is 4.79 Å². The number of carbonyl (C=O) groups is 1. The molecule has 0 bridgehead atoms. The number of carbonyl (C=O) groups excluding carboxylic acids is 1.